The Hall–Kier alpha value is -2.30. The van der Waals surface area contributed by atoms with Crippen molar-refractivity contribution in [2.24, 2.45) is 17.8 Å². The van der Waals surface area contributed by atoms with E-state index in [9.17, 15) is 18.3 Å². The Kier molecular flexibility index (Phi) is 7.31. The third kappa shape index (κ3) is 5.27. The van der Waals surface area contributed by atoms with Gasteiger partial charge in [0.15, 0.2) is 0 Å². The number of hydrogen-bond acceptors (Lipinski definition) is 6. The molecule has 3 unspecified atom stereocenters. The molecule has 5 atom stereocenters. The Bertz CT molecular complexity index is 1140. The molecular formula is C29H40F3N5O2. The molecule has 10 heteroatoms. The Morgan fingerprint density at radius 2 is 1.97 bits per heavy atom. The van der Waals surface area contributed by atoms with E-state index in [1.54, 1.807) is 17.3 Å². The normalized spacial score (nSPS) is 31.4. The molecule has 0 amide bonds. The van der Waals surface area contributed by atoms with Gasteiger partial charge < -0.3 is 19.6 Å². The van der Waals surface area contributed by atoms with Crippen LogP contribution in [0.4, 0.5) is 13.2 Å². The maximum absolute atomic E-state index is 14.3. The smallest absolute Gasteiger partial charge is 0.381 e. The minimum atomic E-state index is -4.50. The molecule has 2 N–H and O–H groups in total. The molecule has 3 fully saturated rings. The number of halogens is 3. The first-order chi connectivity index (χ1) is 18.7. The zero-order valence-electron chi connectivity index (χ0n) is 22.8. The number of aryl methyl sites for hydroxylation is 1. The van der Waals surface area contributed by atoms with Crippen LogP contribution in [-0.4, -0.2) is 81.4 Å². The number of piperidine rings is 1. The summed E-state index contributed by atoms with van der Waals surface area (Å²) in [7, 11) is 0. The number of nitrogens with one attached hydrogen (secondary N) is 1. The SMILES string of the molecule is Cc1cn[nH]c1[C@@H](C1COC1)C1CCCC(N2C=C3C(C(F)(F)F)=CC(CN4CCC[C@H](C)C4)=CN3C2O)C1. The fraction of sp³-hybridized carbons (Fsp3) is 0.690. The summed E-state index contributed by atoms with van der Waals surface area (Å²) in [5.74, 6) is 1.55. The third-order valence-corrected chi connectivity index (χ3v) is 9.42. The van der Waals surface area contributed by atoms with Crippen molar-refractivity contribution < 1.29 is 23.0 Å². The lowest BCUT2D eigenvalue weighted by molar-refractivity contribution is -0.0965. The van der Waals surface area contributed by atoms with Crippen molar-refractivity contribution in [1.82, 2.24) is 24.9 Å². The first-order valence-corrected chi connectivity index (χ1v) is 14.4. The van der Waals surface area contributed by atoms with Crippen LogP contribution < -0.4 is 0 Å². The Morgan fingerprint density at radius 1 is 1.15 bits per heavy atom. The molecule has 0 bridgehead atoms. The zero-order chi connectivity index (χ0) is 27.3. The molecule has 6 rings (SSSR count). The van der Waals surface area contributed by atoms with Gasteiger partial charge in [-0.2, -0.15) is 18.3 Å². The van der Waals surface area contributed by atoms with Crippen molar-refractivity contribution in [3.05, 3.63) is 52.8 Å². The highest BCUT2D eigenvalue weighted by Gasteiger charge is 2.47. The van der Waals surface area contributed by atoms with Crippen molar-refractivity contribution in [3.8, 4) is 0 Å². The van der Waals surface area contributed by atoms with E-state index in [-0.39, 0.29) is 17.7 Å². The molecule has 7 nitrogen and oxygen atoms in total. The van der Waals surface area contributed by atoms with Gasteiger partial charge in [0.05, 0.1) is 30.7 Å². The van der Waals surface area contributed by atoms with Gasteiger partial charge in [0.25, 0.3) is 0 Å². The lowest BCUT2D eigenvalue weighted by Crippen LogP contribution is -2.47. The predicted molar refractivity (Wildman–Crippen MR) is 141 cm³/mol. The molecule has 0 radical (unpaired) electrons. The molecular weight excluding hydrogens is 507 g/mol. The maximum atomic E-state index is 14.3. The van der Waals surface area contributed by atoms with Gasteiger partial charge in [0.2, 0.25) is 6.35 Å². The molecule has 1 aliphatic carbocycles. The average Bonchev–Trinajstić information content (AvgIpc) is 3.43. The number of aromatic amines is 1. The van der Waals surface area contributed by atoms with Crippen LogP contribution in [0.3, 0.4) is 0 Å². The zero-order valence-corrected chi connectivity index (χ0v) is 22.8. The summed E-state index contributed by atoms with van der Waals surface area (Å²) in [6.45, 7) is 7.93. The van der Waals surface area contributed by atoms with Crippen LogP contribution in [0.25, 0.3) is 0 Å². The second-order valence-electron chi connectivity index (χ2n) is 12.3. The standard InChI is InChI=1S/C29H40F3N5O2/c1-18-5-4-8-35(12-18)13-20-9-24(29(30,31)32)25-15-36(28(38)37(25)14-20)23-7-3-6-21(10-23)26(22-16-39-17-22)27-19(2)11-33-34-27/h9,11,14-15,18,21-23,26,28,38H,3-8,10,12-13,16-17H2,1-2H3,(H,33,34)/t18-,21?,23?,26+,28?/m0/s1. The minimum Gasteiger partial charge on any atom is -0.381 e. The van der Waals surface area contributed by atoms with E-state index < -0.39 is 18.1 Å². The number of alkyl halides is 3. The monoisotopic (exact) mass is 547 g/mol. The molecule has 0 aromatic carbocycles. The molecule has 214 valence electrons. The number of hydrogen-bond donors (Lipinski definition) is 2. The fourth-order valence-electron chi connectivity index (χ4n) is 7.47. The summed E-state index contributed by atoms with van der Waals surface area (Å²) in [6.07, 6.45) is 6.65. The summed E-state index contributed by atoms with van der Waals surface area (Å²) in [5, 5.41) is 18.9. The van der Waals surface area contributed by atoms with Gasteiger partial charge in [-0.1, -0.05) is 13.3 Å². The van der Waals surface area contributed by atoms with E-state index in [0.717, 1.165) is 76.1 Å². The number of rotatable bonds is 6. The number of allylic oxidation sites excluding steroid dienone is 1. The number of aliphatic hydroxyl groups is 1. The fourth-order valence-corrected chi connectivity index (χ4v) is 7.47. The molecule has 1 saturated carbocycles. The van der Waals surface area contributed by atoms with Crippen LogP contribution in [0, 0.1) is 24.7 Å². The van der Waals surface area contributed by atoms with Crippen molar-refractivity contribution in [1.29, 1.82) is 0 Å². The molecule has 2 saturated heterocycles. The summed E-state index contributed by atoms with van der Waals surface area (Å²) in [5.41, 5.74) is 2.25. The van der Waals surface area contributed by atoms with Crippen molar-refractivity contribution in [2.45, 2.75) is 76.9 Å². The molecule has 1 aromatic rings. The van der Waals surface area contributed by atoms with Crippen molar-refractivity contribution in [2.75, 3.05) is 32.8 Å². The average molecular weight is 548 g/mol. The van der Waals surface area contributed by atoms with Crippen LogP contribution in [0.1, 0.15) is 62.6 Å². The third-order valence-electron chi connectivity index (χ3n) is 9.42. The lowest BCUT2D eigenvalue weighted by Gasteiger charge is -2.44. The van der Waals surface area contributed by atoms with Gasteiger partial charge >= 0.3 is 6.18 Å². The topological polar surface area (TPSA) is 67.9 Å². The highest BCUT2D eigenvalue weighted by atomic mass is 19.4. The number of likely N-dealkylation sites (tertiary alicyclic amines) is 1. The lowest BCUT2D eigenvalue weighted by atomic mass is 9.70. The first kappa shape index (κ1) is 26.9. The van der Waals surface area contributed by atoms with E-state index in [0.29, 0.717) is 29.9 Å². The Labute approximate surface area is 228 Å². The summed E-state index contributed by atoms with van der Waals surface area (Å²) in [4.78, 5) is 5.44. The molecule has 4 aliphatic heterocycles. The molecule has 5 aliphatic rings. The molecule has 1 aromatic heterocycles. The summed E-state index contributed by atoms with van der Waals surface area (Å²) >= 11 is 0. The van der Waals surface area contributed by atoms with Crippen LogP contribution in [0.15, 0.2) is 41.5 Å². The van der Waals surface area contributed by atoms with Gasteiger partial charge in [-0.15, -0.1) is 0 Å². The van der Waals surface area contributed by atoms with Crippen molar-refractivity contribution in [3.63, 3.8) is 0 Å². The van der Waals surface area contributed by atoms with Crippen LogP contribution in [0.5, 0.6) is 0 Å². The number of H-pyrrole nitrogens is 1. The number of aliphatic hydroxyl groups excluding tert-OH is 1. The number of nitrogens with zero attached hydrogens (tertiary/aromatic N) is 4. The van der Waals surface area contributed by atoms with Crippen LogP contribution >= 0.6 is 0 Å². The quantitative estimate of drug-likeness (QED) is 0.530. The van der Waals surface area contributed by atoms with E-state index >= 15 is 0 Å². The maximum Gasteiger partial charge on any atom is 0.418 e. The highest BCUT2D eigenvalue weighted by molar-refractivity contribution is 5.47. The van der Waals surface area contributed by atoms with Crippen LogP contribution in [-0.2, 0) is 4.74 Å². The van der Waals surface area contributed by atoms with E-state index in [1.807, 2.05) is 6.20 Å². The Morgan fingerprint density at radius 3 is 2.64 bits per heavy atom. The predicted octanol–water partition coefficient (Wildman–Crippen LogP) is 4.86. The summed E-state index contributed by atoms with van der Waals surface area (Å²) in [6, 6.07) is -0.0437. The van der Waals surface area contributed by atoms with E-state index in [2.05, 4.69) is 28.9 Å². The van der Waals surface area contributed by atoms with Gasteiger partial charge in [-0.25, -0.2) is 0 Å². The van der Waals surface area contributed by atoms with Gasteiger partial charge in [0.1, 0.15) is 0 Å². The molecule has 0 spiro atoms. The highest BCUT2D eigenvalue weighted by Crippen LogP contribution is 2.47. The van der Waals surface area contributed by atoms with Crippen LogP contribution in [0.2, 0.25) is 0 Å². The van der Waals surface area contributed by atoms with E-state index in [4.69, 9.17) is 4.74 Å². The van der Waals surface area contributed by atoms with Gasteiger partial charge in [-0.05, 0) is 74.6 Å². The first-order valence-electron chi connectivity index (χ1n) is 14.4. The largest absolute Gasteiger partial charge is 0.418 e. The number of fused-ring (bicyclic) bond motifs is 1. The number of aromatic nitrogens is 2. The number of ether oxygens (including phenoxy) is 1. The molecule has 39 heavy (non-hydrogen) atoms. The second kappa shape index (κ2) is 10.6. The van der Waals surface area contributed by atoms with Crippen molar-refractivity contribution >= 4 is 0 Å². The van der Waals surface area contributed by atoms with Gasteiger partial charge in [-0.3, -0.25) is 10.00 Å². The molecule has 5 heterocycles. The summed E-state index contributed by atoms with van der Waals surface area (Å²) < 4.78 is 48.4. The minimum absolute atomic E-state index is 0.0428. The van der Waals surface area contributed by atoms with Gasteiger partial charge in [0, 0.05) is 49.1 Å². The Balaban J connectivity index is 1.23. The second-order valence-corrected chi connectivity index (χ2v) is 12.3. The van der Waals surface area contributed by atoms with E-state index in [1.165, 1.54) is 11.0 Å².